The molecule has 0 aliphatic carbocycles. The van der Waals surface area contributed by atoms with Crippen molar-refractivity contribution in [3.8, 4) is 0 Å². The molecular formula is C32H70Br2N2O. The Balaban J connectivity index is -0.00000578. The Morgan fingerprint density at radius 3 is 1.08 bits per heavy atom. The van der Waals surface area contributed by atoms with Gasteiger partial charge in [-0.05, 0) is 25.7 Å². The number of rotatable bonds is 27. The monoisotopic (exact) mass is 656 g/mol. The molecule has 0 spiro atoms. The Morgan fingerprint density at radius 1 is 0.432 bits per heavy atom. The van der Waals surface area contributed by atoms with Crippen LogP contribution in [0.15, 0.2) is 0 Å². The van der Waals surface area contributed by atoms with Gasteiger partial charge in [0.15, 0.2) is 0 Å². The molecule has 1 unspecified atom stereocenters. The van der Waals surface area contributed by atoms with Gasteiger partial charge in [0.05, 0.1) is 47.8 Å². The van der Waals surface area contributed by atoms with Crippen LogP contribution in [-0.4, -0.2) is 74.5 Å². The quantitative estimate of drug-likeness (QED) is 0.106. The lowest BCUT2D eigenvalue weighted by Crippen LogP contribution is -3.00. The molecule has 0 saturated carbocycles. The third-order valence-corrected chi connectivity index (χ3v) is 8.01. The standard InChI is InChI=1S/C32H70N2O.2BrH/c1-7-9-11-13-15-17-19-21-23-25-28-33(3,4)30-27-32(35)31-34(5,6)29-26-24-22-20-18-16-14-12-10-8-2;;/h32,35H,7-31H2,1-6H3;2*1H/q+2;;/p-2. The number of nitrogens with zero attached hydrogens (tertiary/aromatic N) is 2. The molecule has 0 fully saturated rings. The fraction of sp³-hybridized carbons (Fsp3) is 1.00. The van der Waals surface area contributed by atoms with E-state index < -0.39 is 0 Å². The average Bonchev–Trinajstić information content (AvgIpc) is 2.80. The van der Waals surface area contributed by atoms with Gasteiger partial charge < -0.3 is 48.0 Å². The van der Waals surface area contributed by atoms with Crippen molar-refractivity contribution in [1.82, 2.24) is 0 Å². The molecule has 0 rings (SSSR count). The maximum absolute atomic E-state index is 10.7. The first-order valence-electron chi connectivity index (χ1n) is 16.0. The Kier molecular flexibility index (Phi) is 32.4. The molecule has 0 amide bonds. The lowest BCUT2D eigenvalue weighted by molar-refractivity contribution is -0.899. The molecule has 0 aromatic heterocycles. The first-order valence-corrected chi connectivity index (χ1v) is 16.0. The van der Waals surface area contributed by atoms with E-state index in [-0.39, 0.29) is 40.1 Å². The lowest BCUT2D eigenvalue weighted by atomic mass is 10.1. The smallest absolute Gasteiger partial charge is 0.108 e. The van der Waals surface area contributed by atoms with Gasteiger partial charge in [-0.25, -0.2) is 0 Å². The fourth-order valence-corrected chi connectivity index (χ4v) is 5.42. The van der Waals surface area contributed by atoms with Gasteiger partial charge in [0.1, 0.15) is 12.6 Å². The number of unbranched alkanes of at least 4 members (excludes halogenated alkanes) is 18. The van der Waals surface area contributed by atoms with Crippen LogP contribution in [0.3, 0.4) is 0 Å². The van der Waals surface area contributed by atoms with Gasteiger partial charge in [0, 0.05) is 6.42 Å². The van der Waals surface area contributed by atoms with Gasteiger partial charge in [-0.3, -0.25) is 0 Å². The number of quaternary nitrogens is 2. The van der Waals surface area contributed by atoms with Gasteiger partial charge in [-0.15, -0.1) is 0 Å². The van der Waals surface area contributed by atoms with Crippen molar-refractivity contribution in [1.29, 1.82) is 0 Å². The van der Waals surface area contributed by atoms with Crippen molar-refractivity contribution in [3.63, 3.8) is 0 Å². The van der Waals surface area contributed by atoms with Crippen molar-refractivity contribution in [2.75, 3.05) is 54.4 Å². The summed E-state index contributed by atoms with van der Waals surface area (Å²) < 4.78 is 2.02. The predicted octanol–water partition coefficient (Wildman–Crippen LogP) is 2.74. The van der Waals surface area contributed by atoms with Gasteiger partial charge in [0.2, 0.25) is 0 Å². The number of halogens is 2. The summed E-state index contributed by atoms with van der Waals surface area (Å²) in [5.74, 6) is 0. The number of aliphatic hydroxyl groups excluding tert-OH is 1. The summed E-state index contributed by atoms with van der Waals surface area (Å²) in [4.78, 5) is 0. The fourth-order valence-electron chi connectivity index (χ4n) is 5.42. The Labute approximate surface area is 256 Å². The first kappa shape index (κ1) is 42.3. The van der Waals surface area contributed by atoms with E-state index in [0.29, 0.717) is 0 Å². The van der Waals surface area contributed by atoms with Gasteiger partial charge in [-0.1, -0.05) is 117 Å². The van der Waals surface area contributed by atoms with Crippen LogP contribution >= 0.6 is 0 Å². The highest BCUT2D eigenvalue weighted by Gasteiger charge is 2.23. The van der Waals surface area contributed by atoms with Crippen LogP contribution in [-0.2, 0) is 0 Å². The van der Waals surface area contributed by atoms with Crippen molar-refractivity contribution < 1.29 is 48.0 Å². The summed E-state index contributed by atoms with van der Waals surface area (Å²) in [6.45, 7) is 9.02. The highest BCUT2D eigenvalue weighted by molar-refractivity contribution is 4.56. The van der Waals surface area contributed by atoms with Crippen LogP contribution in [0.1, 0.15) is 149 Å². The van der Waals surface area contributed by atoms with Crippen LogP contribution < -0.4 is 34.0 Å². The second-order valence-corrected chi connectivity index (χ2v) is 13.0. The lowest BCUT2D eigenvalue weighted by Gasteiger charge is -2.34. The molecule has 0 aliphatic rings. The maximum Gasteiger partial charge on any atom is 0.108 e. The molecule has 0 aliphatic heterocycles. The van der Waals surface area contributed by atoms with Crippen LogP contribution in [0.5, 0.6) is 0 Å². The third kappa shape index (κ3) is 31.2. The number of likely N-dealkylation sites (N-methyl/N-ethyl adjacent to an activating group) is 1. The number of aliphatic hydroxyl groups is 1. The molecular weight excluding hydrogens is 588 g/mol. The average molecular weight is 659 g/mol. The van der Waals surface area contributed by atoms with Gasteiger partial charge >= 0.3 is 0 Å². The van der Waals surface area contributed by atoms with Crippen LogP contribution in [0.25, 0.3) is 0 Å². The minimum Gasteiger partial charge on any atom is -1.00 e. The second-order valence-electron chi connectivity index (χ2n) is 13.0. The summed E-state index contributed by atoms with van der Waals surface area (Å²) in [6, 6.07) is 0. The predicted molar refractivity (Wildman–Crippen MR) is 158 cm³/mol. The van der Waals surface area contributed by atoms with Crippen molar-refractivity contribution in [2.45, 2.75) is 155 Å². The highest BCUT2D eigenvalue weighted by Crippen LogP contribution is 2.14. The molecule has 0 radical (unpaired) electrons. The zero-order chi connectivity index (χ0) is 26.3. The molecule has 0 heterocycles. The van der Waals surface area contributed by atoms with E-state index in [1.165, 1.54) is 142 Å². The highest BCUT2D eigenvalue weighted by atomic mass is 79.9. The molecule has 228 valence electrons. The largest absolute Gasteiger partial charge is 1.00 e. The Hall–Kier alpha value is 0.840. The van der Waals surface area contributed by atoms with Gasteiger partial charge in [-0.2, -0.15) is 0 Å². The van der Waals surface area contributed by atoms with E-state index in [1.807, 2.05) is 0 Å². The van der Waals surface area contributed by atoms with Crippen molar-refractivity contribution >= 4 is 0 Å². The van der Waals surface area contributed by atoms with Crippen molar-refractivity contribution in [3.05, 3.63) is 0 Å². The van der Waals surface area contributed by atoms with E-state index in [2.05, 4.69) is 42.0 Å². The molecule has 5 heteroatoms. The molecule has 0 saturated heterocycles. The molecule has 1 N–H and O–H groups in total. The molecule has 0 bridgehead atoms. The molecule has 3 nitrogen and oxygen atoms in total. The van der Waals surface area contributed by atoms with Crippen LogP contribution in [0.2, 0.25) is 0 Å². The zero-order valence-corrected chi connectivity index (χ0v) is 29.5. The van der Waals surface area contributed by atoms with E-state index in [1.54, 1.807) is 0 Å². The molecule has 0 aromatic carbocycles. The minimum atomic E-state index is -0.168. The summed E-state index contributed by atoms with van der Waals surface area (Å²) >= 11 is 0. The summed E-state index contributed by atoms with van der Waals surface area (Å²) in [5, 5.41) is 10.7. The van der Waals surface area contributed by atoms with E-state index >= 15 is 0 Å². The van der Waals surface area contributed by atoms with E-state index in [0.717, 1.165) is 28.5 Å². The number of hydrogen-bond donors (Lipinski definition) is 1. The first-order chi connectivity index (χ1) is 16.7. The summed E-state index contributed by atoms with van der Waals surface area (Å²) in [6.07, 6.45) is 28.7. The van der Waals surface area contributed by atoms with Gasteiger partial charge in [0.25, 0.3) is 0 Å². The second kappa shape index (κ2) is 28.4. The topological polar surface area (TPSA) is 20.2 Å². The summed E-state index contributed by atoms with van der Waals surface area (Å²) in [5.41, 5.74) is 0. The molecule has 1 atom stereocenters. The normalized spacial score (nSPS) is 12.7. The van der Waals surface area contributed by atoms with E-state index in [9.17, 15) is 5.11 Å². The molecule has 37 heavy (non-hydrogen) atoms. The SMILES string of the molecule is CCCCCCCCCCCC[N+](C)(C)CCC(O)C[N+](C)(C)CCCCCCCCCCCC.[Br-].[Br-]. The Morgan fingerprint density at radius 2 is 0.730 bits per heavy atom. The third-order valence-electron chi connectivity index (χ3n) is 8.01. The maximum atomic E-state index is 10.7. The van der Waals surface area contributed by atoms with Crippen LogP contribution in [0.4, 0.5) is 0 Å². The molecule has 0 aromatic rings. The van der Waals surface area contributed by atoms with Crippen molar-refractivity contribution in [2.24, 2.45) is 0 Å². The summed E-state index contributed by atoms with van der Waals surface area (Å²) in [7, 11) is 9.32. The zero-order valence-electron chi connectivity index (χ0n) is 26.4. The van der Waals surface area contributed by atoms with Crippen LogP contribution in [0, 0.1) is 0 Å². The van der Waals surface area contributed by atoms with E-state index in [4.69, 9.17) is 0 Å². The Bertz CT molecular complexity index is 447. The number of hydrogen-bond acceptors (Lipinski definition) is 1. The minimum absolute atomic E-state index is 0.